The molecule has 0 bridgehead atoms. The molecule has 1 N–H and O–H groups in total. The Morgan fingerprint density at radius 1 is 0.906 bits per heavy atom. The third-order valence-electron chi connectivity index (χ3n) is 6.12. The first-order valence-electron chi connectivity index (χ1n) is 11.0. The molecule has 166 valence electrons. The van der Waals surface area contributed by atoms with E-state index in [1.165, 1.54) is 4.90 Å². The van der Waals surface area contributed by atoms with E-state index < -0.39 is 18.5 Å². The van der Waals surface area contributed by atoms with E-state index in [2.05, 4.69) is 5.32 Å². The first-order valence-corrected chi connectivity index (χ1v) is 11.0. The van der Waals surface area contributed by atoms with E-state index in [-0.39, 0.29) is 36.6 Å². The van der Waals surface area contributed by atoms with E-state index in [1.807, 2.05) is 48.5 Å². The maximum atomic E-state index is 12.5. The number of amides is 3. The molecule has 2 aliphatic rings. The highest BCUT2D eigenvalue weighted by Gasteiger charge is 2.47. The predicted octanol–water partition coefficient (Wildman–Crippen LogP) is 3.40. The highest BCUT2D eigenvalue weighted by atomic mass is 16.5. The highest BCUT2D eigenvalue weighted by Crippen LogP contribution is 2.38. The minimum atomic E-state index is -0.619. The van der Waals surface area contributed by atoms with Crippen LogP contribution in [0.15, 0.2) is 54.6 Å². The van der Waals surface area contributed by atoms with Gasteiger partial charge in [0.05, 0.1) is 18.3 Å². The van der Waals surface area contributed by atoms with Crippen molar-refractivity contribution >= 4 is 29.4 Å². The van der Waals surface area contributed by atoms with Crippen LogP contribution in [0.5, 0.6) is 0 Å². The minimum Gasteiger partial charge on any atom is -0.456 e. The molecule has 0 aromatic heterocycles. The quantitative estimate of drug-likeness (QED) is 0.533. The lowest BCUT2D eigenvalue weighted by Gasteiger charge is -2.19. The Labute approximate surface area is 186 Å². The second kappa shape index (κ2) is 9.77. The van der Waals surface area contributed by atoms with Gasteiger partial charge in [0.1, 0.15) is 0 Å². The van der Waals surface area contributed by atoms with E-state index in [4.69, 9.17) is 4.74 Å². The van der Waals surface area contributed by atoms with Crippen LogP contribution in [0.4, 0.5) is 5.69 Å². The number of likely N-dealkylation sites (tertiary alicyclic amines) is 1. The van der Waals surface area contributed by atoms with Gasteiger partial charge in [-0.05, 0) is 24.5 Å². The van der Waals surface area contributed by atoms with E-state index in [1.54, 1.807) is 6.07 Å². The van der Waals surface area contributed by atoms with Crippen LogP contribution in [0.25, 0.3) is 11.1 Å². The summed E-state index contributed by atoms with van der Waals surface area (Å²) in [6, 6.07) is 17.0. The molecule has 2 fully saturated rings. The van der Waals surface area contributed by atoms with Crippen molar-refractivity contribution < 1.29 is 23.9 Å². The Morgan fingerprint density at radius 3 is 2.22 bits per heavy atom. The number of benzene rings is 2. The van der Waals surface area contributed by atoms with Crippen molar-refractivity contribution in [3.63, 3.8) is 0 Å². The van der Waals surface area contributed by atoms with Gasteiger partial charge in [-0.2, -0.15) is 0 Å². The van der Waals surface area contributed by atoms with Crippen molar-refractivity contribution in [3.05, 3.63) is 54.6 Å². The van der Waals surface area contributed by atoms with Gasteiger partial charge in [0.25, 0.3) is 5.91 Å². The van der Waals surface area contributed by atoms with Gasteiger partial charge in [-0.1, -0.05) is 61.4 Å². The largest absolute Gasteiger partial charge is 0.456 e. The molecule has 1 saturated carbocycles. The molecule has 3 amide bonds. The Morgan fingerprint density at radius 2 is 1.53 bits per heavy atom. The molecule has 7 nitrogen and oxygen atoms in total. The van der Waals surface area contributed by atoms with Gasteiger partial charge in [0.2, 0.25) is 11.8 Å². The molecule has 2 aromatic rings. The van der Waals surface area contributed by atoms with Crippen LogP contribution < -0.4 is 5.32 Å². The number of para-hydroxylation sites is 1. The lowest BCUT2D eigenvalue weighted by molar-refractivity contribution is -0.148. The van der Waals surface area contributed by atoms with Gasteiger partial charge in [0, 0.05) is 17.8 Å². The van der Waals surface area contributed by atoms with Crippen molar-refractivity contribution in [1.29, 1.82) is 0 Å². The van der Waals surface area contributed by atoms with Crippen LogP contribution >= 0.6 is 0 Å². The van der Waals surface area contributed by atoms with Crippen molar-refractivity contribution in [2.45, 2.75) is 32.1 Å². The highest BCUT2D eigenvalue weighted by molar-refractivity contribution is 6.05. The van der Waals surface area contributed by atoms with Crippen LogP contribution in [0.3, 0.4) is 0 Å². The molecule has 1 heterocycles. The number of fused-ring (bicyclic) bond motifs is 1. The third kappa shape index (κ3) is 4.72. The number of esters is 1. The molecule has 32 heavy (non-hydrogen) atoms. The van der Waals surface area contributed by atoms with Gasteiger partial charge in [0.15, 0.2) is 6.61 Å². The Balaban J connectivity index is 1.27. The van der Waals surface area contributed by atoms with E-state index in [0.717, 1.165) is 36.8 Å². The topological polar surface area (TPSA) is 92.8 Å². The number of ether oxygens (including phenoxy) is 1. The summed E-state index contributed by atoms with van der Waals surface area (Å²) in [5.74, 6) is -1.90. The number of imide groups is 1. The van der Waals surface area contributed by atoms with Crippen LogP contribution in [0, 0.1) is 11.8 Å². The molecule has 4 rings (SSSR count). The molecular formula is C25H26N2O5. The second-order valence-electron chi connectivity index (χ2n) is 8.20. The van der Waals surface area contributed by atoms with Crippen LogP contribution in [0.2, 0.25) is 0 Å². The van der Waals surface area contributed by atoms with Gasteiger partial charge in [-0.3, -0.25) is 24.1 Å². The first-order chi connectivity index (χ1) is 15.5. The maximum absolute atomic E-state index is 12.5. The normalized spacial score (nSPS) is 20.1. The summed E-state index contributed by atoms with van der Waals surface area (Å²) in [4.78, 5) is 50.6. The molecule has 0 unspecified atom stereocenters. The van der Waals surface area contributed by atoms with Gasteiger partial charge < -0.3 is 10.1 Å². The Bertz CT molecular complexity index is 996. The summed E-state index contributed by atoms with van der Waals surface area (Å²) in [6.45, 7) is -0.433. The summed E-state index contributed by atoms with van der Waals surface area (Å²) in [5, 5.41) is 2.77. The molecule has 2 atom stereocenters. The van der Waals surface area contributed by atoms with Crippen molar-refractivity contribution in [1.82, 2.24) is 4.90 Å². The molecule has 0 radical (unpaired) electrons. The molecule has 2 aromatic carbocycles. The van der Waals surface area contributed by atoms with E-state index >= 15 is 0 Å². The zero-order chi connectivity index (χ0) is 22.5. The Hall–Kier alpha value is -3.48. The fourth-order valence-corrected chi connectivity index (χ4v) is 4.52. The van der Waals surface area contributed by atoms with Crippen molar-refractivity contribution in [3.8, 4) is 11.1 Å². The monoisotopic (exact) mass is 434 g/mol. The second-order valence-corrected chi connectivity index (χ2v) is 8.20. The summed E-state index contributed by atoms with van der Waals surface area (Å²) < 4.78 is 5.07. The minimum absolute atomic E-state index is 0.00194. The van der Waals surface area contributed by atoms with Crippen molar-refractivity contribution in [2.24, 2.45) is 11.8 Å². The maximum Gasteiger partial charge on any atom is 0.308 e. The first kappa shape index (κ1) is 21.7. The number of nitrogens with one attached hydrogen (secondary N) is 1. The summed E-state index contributed by atoms with van der Waals surface area (Å²) in [5.41, 5.74) is 2.44. The number of hydrogen-bond acceptors (Lipinski definition) is 5. The van der Waals surface area contributed by atoms with Crippen molar-refractivity contribution in [2.75, 3.05) is 18.5 Å². The van der Waals surface area contributed by atoms with Crippen LogP contribution in [-0.2, 0) is 23.9 Å². The number of nitrogens with zero attached hydrogens (tertiary/aromatic N) is 1. The molecule has 1 aliphatic heterocycles. The smallest absolute Gasteiger partial charge is 0.308 e. The average Bonchev–Trinajstić information content (AvgIpc) is 3.07. The molecular weight excluding hydrogens is 408 g/mol. The van der Waals surface area contributed by atoms with Gasteiger partial charge >= 0.3 is 5.97 Å². The molecule has 1 saturated heterocycles. The SMILES string of the molecule is O=C(COC(=O)CCN1C(=O)[C@@H]2CCCC[C@H]2C1=O)Nc1ccccc1-c1ccccc1. The van der Waals surface area contributed by atoms with Gasteiger partial charge in [-0.15, -0.1) is 0 Å². The fourth-order valence-electron chi connectivity index (χ4n) is 4.52. The third-order valence-corrected chi connectivity index (χ3v) is 6.12. The number of hydrogen-bond donors (Lipinski definition) is 1. The van der Waals surface area contributed by atoms with Gasteiger partial charge in [-0.25, -0.2) is 0 Å². The lowest BCUT2D eigenvalue weighted by atomic mass is 9.81. The molecule has 1 aliphatic carbocycles. The predicted molar refractivity (Wildman–Crippen MR) is 118 cm³/mol. The standard InChI is InChI=1S/C25H26N2O5/c28-22(26-21-13-7-6-10-18(21)17-8-2-1-3-9-17)16-32-23(29)14-15-27-24(30)19-11-4-5-12-20(19)25(27)31/h1-3,6-10,13,19-20H,4-5,11-12,14-16H2,(H,26,28)/t19-,20-/m1/s1. The number of carbonyl (C=O) groups is 4. The van der Waals surface area contributed by atoms with E-state index in [9.17, 15) is 19.2 Å². The molecule has 0 spiro atoms. The van der Waals surface area contributed by atoms with Crippen LogP contribution in [-0.4, -0.2) is 41.7 Å². The molecule has 7 heteroatoms. The number of anilines is 1. The average molecular weight is 434 g/mol. The summed E-state index contributed by atoms with van der Waals surface area (Å²) in [7, 11) is 0. The zero-order valence-electron chi connectivity index (χ0n) is 17.8. The number of rotatable bonds is 7. The zero-order valence-corrected chi connectivity index (χ0v) is 17.8. The fraction of sp³-hybridized carbons (Fsp3) is 0.360. The lowest BCUT2D eigenvalue weighted by Crippen LogP contribution is -2.33. The van der Waals surface area contributed by atoms with E-state index in [0.29, 0.717) is 5.69 Å². The Kier molecular flexibility index (Phi) is 6.63. The van der Waals surface area contributed by atoms with Crippen LogP contribution in [0.1, 0.15) is 32.1 Å². The summed E-state index contributed by atoms with van der Waals surface area (Å²) >= 11 is 0. The number of carbonyl (C=O) groups excluding carboxylic acids is 4. The summed E-state index contributed by atoms with van der Waals surface area (Å²) in [6.07, 6.45) is 3.27.